The van der Waals surface area contributed by atoms with Crippen LogP contribution in [0.1, 0.15) is 118 Å². The average molecular weight is 639 g/mol. The van der Waals surface area contributed by atoms with Gasteiger partial charge in [0.2, 0.25) is 0 Å². The maximum absolute atomic E-state index is 13.4. The van der Waals surface area contributed by atoms with E-state index < -0.39 is 10.1 Å². The van der Waals surface area contributed by atoms with Crippen LogP contribution in [0.2, 0.25) is 0 Å². The molecule has 5 aliphatic rings. The Kier molecular flexibility index (Phi) is 8.08. The van der Waals surface area contributed by atoms with Crippen LogP contribution in [-0.4, -0.2) is 27.1 Å². The number of rotatable bonds is 6. The highest BCUT2D eigenvalue weighted by molar-refractivity contribution is 7.86. The quantitative estimate of drug-likeness (QED) is 0.176. The van der Waals surface area contributed by atoms with Gasteiger partial charge < -0.3 is 4.74 Å². The van der Waals surface area contributed by atoms with Crippen molar-refractivity contribution in [2.24, 2.45) is 56.7 Å². The third-order valence-corrected chi connectivity index (χ3v) is 16.6. The molecule has 5 saturated carbocycles. The van der Waals surface area contributed by atoms with Crippen LogP contribution in [0, 0.1) is 63.6 Å². The van der Waals surface area contributed by atoms with Crippen LogP contribution in [0.25, 0.3) is 0 Å². The molecule has 1 aromatic carbocycles. The summed E-state index contributed by atoms with van der Waals surface area (Å²) < 4.78 is 38.8. The molecule has 0 N–H and O–H groups in total. The lowest BCUT2D eigenvalue weighted by atomic mass is 9.32. The summed E-state index contributed by atoms with van der Waals surface area (Å²) >= 11 is 0. The molecule has 0 heterocycles. The van der Waals surface area contributed by atoms with Gasteiger partial charge in [-0.3, -0.25) is 8.98 Å². The predicted octanol–water partition coefficient (Wildman–Crippen LogP) is 9.29. The molecule has 45 heavy (non-hydrogen) atoms. The second kappa shape index (κ2) is 10.9. The number of carbonyl (C=O) groups is 1. The molecule has 6 heteroatoms. The highest BCUT2D eigenvalue weighted by atomic mass is 32.2. The van der Waals surface area contributed by atoms with E-state index in [1.54, 1.807) is 19.1 Å². The summed E-state index contributed by atoms with van der Waals surface area (Å²) in [6.45, 7) is 23.0. The number of aryl methyl sites for hydroxylation is 1. The molecule has 0 saturated heterocycles. The lowest BCUT2D eigenvalue weighted by Crippen LogP contribution is -2.67. The number of ether oxygens (including phenoxy) is 1. The van der Waals surface area contributed by atoms with Gasteiger partial charge in [-0.25, -0.2) is 0 Å². The van der Waals surface area contributed by atoms with E-state index in [0.717, 1.165) is 44.1 Å². The Bertz CT molecular complexity index is 1450. The van der Waals surface area contributed by atoms with Crippen LogP contribution in [0.15, 0.2) is 41.3 Å². The Morgan fingerprint density at radius 3 is 2.18 bits per heavy atom. The molecule has 0 aliphatic heterocycles. The molecule has 0 radical (unpaired) electrons. The molecule has 250 valence electrons. The summed E-state index contributed by atoms with van der Waals surface area (Å²) in [7, 11) is -3.83. The molecule has 0 spiro atoms. The summed E-state index contributed by atoms with van der Waals surface area (Å²) in [5.41, 5.74) is 2.69. The standard InChI is InChI=1S/C39H58O5S/c1-25(2)29-16-21-39(24-43-45(41,42)28-12-10-26(3)11-13-28)23-22-37(8)30(34(29)39)14-15-32-36(7)19-18-33(44-27(4)40)35(5,6)31(36)17-20-38(32,37)9/h10-13,29-34H,1,14-24H2,2-9H3/t29-,30+,31-,32-,33-,34-,36+,37+,38+,39-/m0/s1. The number of fused-ring (bicyclic) bond motifs is 7. The van der Waals surface area contributed by atoms with Gasteiger partial charge in [0, 0.05) is 12.3 Å². The van der Waals surface area contributed by atoms with Crippen molar-refractivity contribution >= 4 is 16.1 Å². The van der Waals surface area contributed by atoms with E-state index in [1.807, 2.05) is 19.1 Å². The fraction of sp³-hybridized carbons (Fsp3) is 0.769. The van der Waals surface area contributed by atoms with Crippen molar-refractivity contribution in [1.29, 1.82) is 0 Å². The minimum Gasteiger partial charge on any atom is -0.462 e. The monoisotopic (exact) mass is 638 g/mol. The fourth-order valence-electron chi connectivity index (χ4n) is 12.9. The predicted molar refractivity (Wildman–Crippen MR) is 179 cm³/mol. The molecule has 0 amide bonds. The lowest BCUT2D eigenvalue weighted by molar-refractivity contribution is -0.251. The van der Waals surface area contributed by atoms with Crippen molar-refractivity contribution in [2.45, 2.75) is 131 Å². The first-order chi connectivity index (χ1) is 20.9. The van der Waals surface area contributed by atoms with Crippen molar-refractivity contribution in [1.82, 2.24) is 0 Å². The van der Waals surface area contributed by atoms with E-state index in [9.17, 15) is 13.2 Å². The highest BCUT2D eigenvalue weighted by Crippen LogP contribution is 2.77. The first kappa shape index (κ1) is 33.2. The van der Waals surface area contributed by atoms with Crippen molar-refractivity contribution < 1.29 is 22.1 Å². The first-order valence-electron chi connectivity index (χ1n) is 17.7. The van der Waals surface area contributed by atoms with Gasteiger partial charge in [-0.2, -0.15) is 8.42 Å². The van der Waals surface area contributed by atoms with Crippen molar-refractivity contribution in [3.05, 3.63) is 42.0 Å². The number of allylic oxidation sites excluding steroid dienone is 1. The van der Waals surface area contributed by atoms with Gasteiger partial charge in [-0.1, -0.05) is 64.5 Å². The Labute approximate surface area is 273 Å². The van der Waals surface area contributed by atoms with Gasteiger partial charge in [0.15, 0.2) is 0 Å². The molecule has 0 bridgehead atoms. The molecular weight excluding hydrogens is 580 g/mol. The largest absolute Gasteiger partial charge is 0.462 e. The van der Waals surface area contributed by atoms with E-state index in [4.69, 9.17) is 8.92 Å². The fourth-order valence-corrected chi connectivity index (χ4v) is 13.9. The van der Waals surface area contributed by atoms with E-state index in [2.05, 4.69) is 48.1 Å². The third-order valence-electron chi connectivity index (χ3n) is 15.3. The maximum Gasteiger partial charge on any atom is 0.302 e. The second-order valence-corrected chi connectivity index (χ2v) is 19.2. The summed E-state index contributed by atoms with van der Waals surface area (Å²) in [5.74, 6) is 2.31. The Hall–Kier alpha value is -1.66. The van der Waals surface area contributed by atoms with Gasteiger partial charge in [0.1, 0.15) is 6.10 Å². The SMILES string of the molecule is C=C(C)[C@@H]1CC[C@@]2(COS(=O)(=O)c3ccc(C)cc3)CC[C@]3(C)[C@H](CC[C@H]4[C@]5(C)CC[C@H](OC(C)=O)C(C)(C)[C@@H]5CC[C@]43C)[C@H]12. The van der Waals surface area contributed by atoms with Crippen molar-refractivity contribution in [3.8, 4) is 0 Å². The molecule has 0 unspecified atom stereocenters. The van der Waals surface area contributed by atoms with Crippen LogP contribution < -0.4 is 0 Å². The highest BCUT2D eigenvalue weighted by Gasteiger charge is 2.71. The van der Waals surface area contributed by atoms with E-state index in [-0.39, 0.29) is 50.7 Å². The zero-order valence-corrected chi connectivity index (χ0v) is 30.0. The molecule has 5 nitrogen and oxygen atoms in total. The minimum absolute atomic E-state index is 0.00865. The second-order valence-electron chi connectivity index (χ2n) is 17.5. The van der Waals surface area contributed by atoms with Gasteiger partial charge in [0.25, 0.3) is 10.1 Å². The number of benzene rings is 1. The van der Waals surface area contributed by atoms with E-state index in [0.29, 0.717) is 29.6 Å². The molecule has 0 aromatic heterocycles. The van der Waals surface area contributed by atoms with Crippen LogP contribution in [0.3, 0.4) is 0 Å². The Balaban J connectivity index is 1.31. The molecule has 5 fully saturated rings. The summed E-state index contributed by atoms with van der Waals surface area (Å²) in [6, 6.07) is 7.02. The number of hydrogen-bond donors (Lipinski definition) is 0. The van der Waals surface area contributed by atoms with Gasteiger partial charge in [-0.15, -0.1) is 0 Å². The topological polar surface area (TPSA) is 69.7 Å². The number of carbonyl (C=O) groups excluding carboxylic acids is 1. The van der Waals surface area contributed by atoms with Crippen molar-refractivity contribution in [2.75, 3.05) is 6.61 Å². The van der Waals surface area contributed by atoms with Gasteiger partial charge in [0.05, 0.1) is 11.5 Å². The number of esters is 1. The summed E-state index contributed by atoms with van der Waals surface area (Å²) in [5, 5.41) is 0. The molecule has 5 aliphatic carbocycles. The minimum atomic E-state index is -3.83. The van der Waals surface area contributed by atoms with E-state index in [1.165, 1.54) is 31.3 Å². The summed E-state index contributed by atoms with van der Waals surface area (Å²) in [6.07, 6.45) is 11.1. The van der Waals surface area contributed by atoms with Crippen LogP contribution in [0.4, 0.5) is 0 Å². The average Bonchev–Trinajstić information content (AvgIpc) is 3.34. The summed E-state index contributed by atoms with van der Waals surface area (Å²) in [4.78, 5) is 12.3. The molecular formula is C39H58O5S. The van der Waals surface area contributed by atoms with Crippen LogP contribution in [0.5, 0.6) is 0 Å². The van der Waals surface area contributed by atoms with Crippen LogP contribution >= 0.6 is 0 Å². The zero-order chi connectivity index (χ0) is 32.8. The lowest BCUT2D eigenvalue weighted by Gasteiger charge is -2.73. The normalized spacial score (nSPS) is 43.7. The zero-order valence-electron chi connectivity index (χ0n) is 29.2. The van der Waals surface area contributed by atoms with Gasteiger partial charge in [-0.05, 0) is 141 Å². The molecule has 6 rings (SSSR count). The van der Waals surface area contributed by atoms with Gasteiger partial charge >= 0.3 is 5.97 Å². The smallest absolute Gasteiger partial charge is 0.302 e. The Morgan fingerprint density at radius 2 is 1.53 bits per heavy atom. The van der Waals surface area contributed by atoms with Crippen LogP contribution in [-0.2, 0) is 23.8 Å². The van der Waals surface area contributed by atoms with Crippen molar-refractivity contribution in [3.63, 3.8) is 0 Å². The maximum atomic E-state index is 13.4. The van der Waals surface area contributed by atoms with E-state index >= 15 is 0 Å². The third kappa shape index (κ3) is 4.92. The molecule has 1 aromatic rings. The molecule has 10 atom stereocenters. The Morgan fingerprint density at radius 1 is 0.844 bits per heavy atom. The first-order valence-corrected chi connectivity index (χ1v) is 19.1. The number of hydrogen-bond acceptors (Lipinski definition) is 5.